The van der Waals surface area contributed by atoms with E-state index in [0.29, 0.717) is 6.04 Å². The van der Waals surface area contributed by atoms with Gasteiger partial charge in [-0.2, -0.15) is 4.98 Å². The Morgan fingerprint density at radius 1 is 1.45 bits per heavy atom. The number of rotatable bonds is 4. The fourth-order valence-electron chi connectivity index (χ4n) is 2.40. The van der Waals surface area contributed by atoms with Gasteiger partial charge >= 0.3 is 0 Å². The number of piperazine rings is 1. The Bertz CT molecular complexity index is 564. The smallest absolute Gasteiger partial charge is 0.245 e. The maximum atomic E-state index is 4.62. The van der Waals surface area contributed by atoms with E-state index in [0.717, 1.165) is 54.8 Å². The van der Waals surface area contributed by atoms with Crippen LogP contribution in [0.25, 0.3) is 10.7 Å². The Hall–Kier alpha value is -1.54. The van der Waals surface area contributed by atoms with Gasteiger partial charge in [0.1, 0.15) is 4.88 Å². The molecule has 108 valence electrons. The van der Waals surface area contributed by atoms with Crippen molar-refractivity contribution in [2.24, 2.45) is 0 Å². The summed E-state index contributed by atoms with van der Waals surface area (Å²) < 4.78 is 4.03. The molecule has 0 unspecified atom stereocenters. The normalized spacial score (nSPS) is 19.5. The Labute approximate surface area is 122 Å². The van der Waals surface area contributed by atoms with Gasteiger partial charge < -0.3 is 10.2 Å². The van der Waals surface area contributed by atoms with Crippen molar-refractivity contribution in [1.82, 2.24) is 30.1 Å². The van der Waals surface area contributed by atoms with Crippen LogP contribution in [0.4, 0.5) is 5.95 Å². The molecule has 1 aliphatic heterocycles. The van der Waals surface area contributed by atoms with Crippen molar-refractivity contribution in [2.45, 2.75) is 32.7 Å². The van der Waals surface area contributed by atoms with E-state index >= 15 is 0 Å². The second-order valence-corrected chi connectivity index (χ2v) is 5.84. The van der Waals surface area contributed by atoms with Crippen molar-refractivity contribution < 1.29 is 0 Å². The first-order valence-corrected chi connectivity index (χ1v) is 7.77. The first kappa shape index (κ1) is 13.4. The van der Waals surface area contributed by atoms with Crippen LogP contribution in [0.3, 0.4) is 0 Å². The van der Waals surface area contributed by atoms with Gasteiger partial charge in [-0.25, -0.2) is 0 Å². The molecule has 1 fully saturated rings. The van der Waals surface area contributed by atoms with Crippen LogP contribution >= 0.6 is 11.5 Å². The average molecular weight is 293 g/mol. The highest BCUT2D eigenvalue weighted by Crippen LogP contribution is 2.25. The van der Waals surface area contributed by atoms with Crippen molar-refractivity contribution in [3.8, 4) is 10.7 Å². The summed E-state index contributed by atoms with van der Waals surface area (Å²) in [5.74, 6) is 1.55. The summed E-state index contributed by atoms with van der Waals surface area (Å²) in [5, 5.41) is 15.0. The number of aromatic amines is 1. The number of anilines is 1. The van der Waals surface area contributed by atoms with Crippen LogP contribution in [0.15, 0.2) is 0 Å². The van der Waals surface area contributed by atoms with Gasteiger partial charge in [0.15, 0.2) is 5.82 Å². The summed E-state index contributed by atoms with van der Waals surface area (Å²) in [6, 6.07) is 0.464. The Morgan fingerprint density at radius 3 is 3.15 bits per heavy atom. The van der Waals surface area contributed by atoms with E-state index < -0.39 is 0 Å². The second-order valence-electron chi connectivity index (χ2n) is 5.08. The van der Waals surface area contributed by atoms with Gasteiger partial charge in [0.2, 0.25) is 5.95 Å². The van der Waals surface area contributed by atoms with E-state index in [4.69, 9.17) is 0 Å². The topological polar surface area (TPSA) is 82.6 Å². The zero-order valence-corrected chi connectivity index (χ0v) is 12.6. The lowest BCUT2D eigenvalue weighted by atomic mass is 10.2. The summed E-state index contributed by atoms with van der Waals surface area (Å²) in [6.07, 6.45) is 1.97. The van der Waals surface area contributed by atoms with Crippen molar-refractivity contribution in [3.63, 3.8) is 0 Å². The summed E-state index contributed by atoms with van der Waals surface area (Å²) in [6.45, 7) is 7.14. The van der Waals surface area contributed by atoms with Crippen LogP contribution in [0, 0.1) is 0 Å². The highest BCUT2D eigenvalue weighted by molar-refractivity contribution is 7.09. The lowest BCUT2D eigenvalue weighted by molar-refractivity contribution is 0.480. The maximum Gasteiger partial charge on any atom is 0.245 e. The van der Waals surface area contributed by atoms with Crippen molar-refractivity contribution in [2.75, 3.05) is 24.5 Å². The molecule has 2 aromatic rings. The largest absolute Gasteiger partial charge is 0.337 e. The molecule has 0 amide bonds. The molecule has 3 heterocycles. The Kier molecular flexibility index (Phi) is 3.93. The summed E-state index contributed by atoms with van der Waals surface area (Å²) in [7, 11) is 0. The molecule has 0 aliphatic carbocycles. The first-order chi connectivity index (χ1) is 9.78. The minimum absolute atomic E-state index is 0.464. The molecular formula is C12H19N7S. The molecule has 0 bridgehead atoms. The molecule has 1 atom stereocenters. The molecule has 2 N–H and O–H groups in total. The summed E-state index contributed by atoms with van der Waals surface area (Å²) >= 11 is 1.38. The molecule has 0 radical (unpaired) electrons. The van der Waals surface area contributed by atoms with Crippen molar-refractivity contribution in [1.29, 1.82) is 0 Å². The van der Waals surface area contributed by atoms with Crippen LogP contribution in [-0.2, 0) is 6.42 Å². The van der Waals surface area contributed by atoms with Gasteiger partial charge in [0.05, 0.1) is 5.69 Å². The first-order valence-electron chi connectivity index (χ1n) is 7.00. The number of nitrogens with zero attached hydrogens (tertiary/aromatic N) is 5. The molecule has 8 heteroatoms. The van der Waals surface area contributed by atoms with E-state index in [1.165, 1.54) is 11.5 Å². The molecular weight excluding hydrogens is 274 g/mol. The number of H-pyrrole nitrogens is 1. The van der Waals surface area contributed by atoms with E-state index in [1.807, 2.05) is 0 Å². The highest BCUT2D eigenvalue weighted by Gasteiger charge is 2.21. The second kappa shape index (κ2) is 5.84. The lowest BCUT2D eigenvalue weighted by Crippen LogP contribution is -2.49. The average Bonchev–Trinajstić information content (AvgIpc) is 3.07. The van der Waals surface area contributed by atoms with Crippen LogP contribution < -0.4 is 10.2 Å². The standard InChI is InChI=1S/C12H19N7S/c1-3-4-9-10(20-18-15-9)11-14-12(17-16-11)19-6-5-13-8(2)7-19/h8,13H,3-7H2,1-2H3,(H,14,16,17)/t8-/m1/s1. The van der Waals surface area contributed by atoms with Gasteiger partial charge in [-0.05, 0) is 24.9 Å². The van der Waals surface area contributed by atoms with Gasteiger partial charge in [-0.15, -0.1) is 10.2 Å². The van der Waals surface area contributed by atoms with E-state index in [-0.39, 0.29) is 0 Å². The van der Waals surface area contributed by atoms with Crippen molar-refractivity contribution in [3.05, 3.63) is 5.69 Å². The molecule has 1 saturated heterocycles. The molecule has 0 aromatic carbocycles. The quantitative estimate of drug-likeness (QED) is 0.877. The minimum Gasteiger partial charge on any atom is -0.337 e. The lowest BCUT2D eigenvalue weighted by Gasteiger charge is -2.30. The van der Waals surface area contributed by atoms with Crippen molar-refractivity contribution >= 4 is 17.5 Å². The maximum absolute atomic E-state index is 4.62. The summed E-state index contributed by atoms with van der Waals surface area (Å²) in [5.41, 5.74) is 1.01. The molecule has 2 aromatic heterocycles. The van der Waals surface area contributed by atoms with Crippen LogP contribution in [-0.4, -0.2) is 50.4 Å². The zero-order chi connectivity index (χ0) is 13.9. The monoisotopic (exact) mass is 293 g/mol. The minimum atomic E-state index is 0.464. The third-order valence-electron chi connectivity index (χ3n) is 3.38. The van der Waals surface area contributed by atoms with E-state index in [2.05, 4.69) is 48.8 Å². The fraction of sp³-hybridized carbons (Fsp3) is 0.667. The molecule has 7 nitrogen and oxygen atoms in total. The molecule has 20 heavy (non-hydrogen) atoms. The number of nitrogens with one attached hydrogen (secondary N) is 2. The van der Waals surface area contributed by atoms with E-state index in [1.54, 1.807) is 0 Å². The van der Waals surface area contributed by atoms with Gasteiger partial charge in [0.25, 0.3) is 0 Å². The van der Waals surface area contributed by atoms with Crippen LogP contribution in [0.1, 0.15) is 26.0 Å². The molecule has 0 saturated carbocycles. The predicted molar refractivity (Wildman–Crippen MR) is 79.0 cm³/mol. The molecule has 3 rings (SSSR count). The Morgan fingerprint density at radius 2 is 2.35 bits per heavy atom. The SMILES string of the molecule is CCCc1nnsc1-c1nc(N2CCN[C@H](C)C2)n[nH]1. The summed E-state index contributed by atoms with van der Waals surface area (Å²) in [4.78, 5) is 7.83. The van der Waals surface area contributed by atoms with Crippen LogP contribution in [0.5, 0.6) is 0 Å². The fourth-order valence-corrected chi connectivity index (χ4v) is 3.05. The third-order valence-corrected chi connectivity index (χ3v) is 4.16. The highest BCUT2D eigenvalue weighted by atomic mass is 32.1. The number of hydrogen-bond acceptors (Lipinski definition) is 7. The number of hydrogen-bond donors (Lipinski definition) is 2. The zero-order valence-electron chi connectivity index (χ0n) is 11.8. The number of aryl methyl sites for hydroxylation is 1. The van der Waals surface area contributed by atoms with Gasteiger partial charge in [-0.3, -0.25) is 5.10 Å². The third kappa shape index (κ3) is 2.66. The van der Waals surface area contributed by atoms with Gasteiger partial charge in [0, 0.05) is 25.7 Å². The molecule has 0 spiro atoms. The Balaban J connectivity index is 1.81. The number of aromatic nitrogens is 5. The van der Waals surface area contributed by atoms with E-state index in [9.17, 15) is 0 Å². The van der Waals surface area contributed by atoms with Gasteiger partial charge in [-0.1, -0.05) is 17.8 Å². The molecule has 1 aliphatic rings. The van der Waals surface area contributed by atoms with Crippen LogP contribution in [0.2, 0.25) is 0 Å². The predicted octanol–water partition coefficient (Wildman–Crippen LogP) is 1.07.